The van der Waals surface area contributed by atoms with Gasteiger partial charge in [-0.05, 0) is 19.1 Å². The van der Waals surface area contributed by atoms with E-state index in [1.807, 2.05) is 0 Å². The molecule has 5 nitrogen and oxygen atoms in total. The van der Waals surface area contributed by atoms with Gasteiger partial charge in [-0.15, -0.1) is 0 Å². The van der Waals surface area contributed by atoms with Gasteiger partial charge in [0.15, 0.2) is 11.5 Å². The zero-order valence-corrected chi connectivity index (χ0v) is 10.0. The standard InChI is InChI=1S/C12H11F2NO4/c1-2-19-12(17)10(15-18)6-11(16)8-4-3-7(13)5-9(8)14/h3-5,18H,2,6H2,1H3. The van der Waals surface area contributed by atoms with Crippen molar-refractivity contribution in [1.29, 1.82) is 0 Å². The number of hydrogen-bond acceptors (Lipinski definition) is 5. The van der Waals surface area contributed by atoms with Gasteiger partial charge in [0.1, 0.15) is 11.6 Å². The van der Waals surface area contributed by atoms with Gasteiger partial charge in [0, 0.05) is 6.07 Å². The largest absolute Gasteiger partial charge is 0.461 e. The second-order valence-electron chi connectivity index (χ2n) is 3.49. The van der Waals surface area contributed by atoms with Crippen molar-refractivity contribution in [2.24, 2.45) is 5.16 Å². The zero-order valence-electron chi connectivity index (χ0n) is 10.0. The number of hydrogen-bond donors (Lipinski definition) is 1. The maximum atomic E-state index is 13.3. The van der Waals surface area contributed by atoms with Gasteiger partial charge < -0.3 is 9.94 Å². The Balaban J connectivity index is 2.87. The van der Waals surface area contributed by atoms with Gasteiger partial charge in [-0.2, -0.15) is 0 Å². The molecule has 1 aromatic carbocycles. The summed E-state index contributed by atoms with van der Waals surface area (Å²) in [5, 5.41) is 11.3. The van der Waals surface area contributed by atoms with Gasteiger partial charge in [0.2, 0.25) is 0 Å². The van der Waals surface area contributed by atoms with Crippen LogP contribution in [-0.4, -0.2) is 29.3 Å². The number of benzene rings is 1. The molecule has 0 bridgehead atoms. The van der Waals surface area contributed by atoms with Crippen LogP contribution >= 0.6 is 0 Å². The van der Waals surface area contributed by atoms with E-state index in [0.717, 1.165) is 12.1 Å². The third-order valence-electron chi connectivity index (χ3n) is 2.19. The highest BCUT2D eigenvalue weighted by Crippen LogP contribution is 2.12. The van der Waals surface area contributed by atoms with Crippen LogP contribution in [-0.2, 0) is 9.53 Å². The van der Waals surface area contributed by atoms with E-state index in [1.165, 1.54) is 6.92 Å². The molecule has 0 saturated heterocycles. The van der Waals surface area contributed by atoms with E-state index in [-0.39, 0.29) is 6.61 Å². The summed E-state index contributed by atoms with van der Waals surface area (Å²) < 4.78 is 30.5. The van der Waals surface area contributed by atoms with Crippen molar-refractivity contribution in [3.8, 4) is 0 Å². The molecule has 1 N–H and O–H groups in total. The van der Waals surface area contributed by atoms with Crippen molar-refractivity contribution >= 4 is 17.5 Å². The highest BCUT2D eigenvalue weighted by Gasteiger charge is 2.21. The van der Waals surface area contributed by atoms with E-state index in [9.17, 15) is 18.4 Å². The van der Waals surface area contributed by atoms with Gasteiger partial charge >= 0.3 is 5.97 Å². The van der Waals surface area contributed by atoms with Gasteiger partial charge in [0.05, 0.1) is 18.6 Å². The molecule has 0 aliphatic carbocycles. The number of esters is 1. The number of ketones is 1. The third-order valence-corrected chi connectivity index (χ3v) is 2.19. The molecule has 0 heterocycles. The molecule has 0 radical (unpaired) electrons. The monoisotopic (exact) mass is 271 g/mol. The summed E-state index contributed by atoms with van der Waals surface area (Å²) >= 11 is 0. The molecule has 0 amide bonds. The maximum Gasteiger partial charge on any atom is 0.356 e. The Morgan fingerprint density at radius 3 is 2.58 bits per heavy atom. The first-order chi connectivity index (χ1) is 8.99. The van der Waals surface area contributed by atoms with Crippen LogP contribution in [0.2, 0.25) is 0 Å². The summed E-state index contributed by atoms with van der Waals surface area (Å²) in [6.07, 6.45) is -0.641. The first-order valence-electron chi connectivity index (χ1n) is 5.35. The van der Waals surface area contributed by atoms with Gasteiger partial charge in [-0.1, -0.05) is 5.16 Å². The van der Waals surface area contributed by atoms with Crippen LogP contribution in [0.4, 0.5) is 8.78 Å². The van der Waals surface area contributed by atoms with Crippen molar-refractivity contribution in [2.75, 3.05) is 6.61 Å². The lowest BCUT2D eigenvalue weighted by Gasteiger charge is -2.04. The number of Topliss-reactive ketones (excluding diaryl/α,β-unsaturated/α-hetero) is 1. The molecule has 0 unspecified atom stereocenters. The van der Waals surface area contributed by atoms with E-state index in [2.05, 4.69) is 9.89 Å². The number of carbonyl (C=O) groups excluding carboxylic acids is 2. The predicted octanol–water partition coefficient (Wildman–Crippen LogP) is 1.93. The predicted molar refractivity (Wildman–Crippen MR) is 61.2 cm³/mol. The van der Waals surface area contributed by atoms with Crippen LogP contribution in [0.3, 0.4) is 0 Å². The molecule has 1 rings (SSSR count). The molecule has 19 heavy (non-hydrogen) atoms. The number of halogens is 2. The first-order valence-corrected chi connectivity index (χ1v) is 5.35. The van der Waals surface area contributed by atoms with Crippen LogP contribution in [0.15, 0.2) is 23.4 Å². The lowest BCUT2D eigenvalue weighted by molar-refractivity contribution is -0.135. The van der Waals surface area contributed by atoms with Crippen LogP contribution in [0.5, 0.6) is 0 Å². The van der Waals surface area contributed by atoms with Crippen LogP contribution in [0, 0.1) is 11.6 Å². The second-order valence-corrected chi connectivity index (χ2v) is 3.49. The van der Waals surface area contributed by atoms with Crippen LogP contribution in [0.1, 0.15) is 23.7 Å². The summed E-state index contributed by atoms with van der Waals surface area (Å²) in [4.78, 5) is 23.0. The Hall–Kier alpha value is -2.31. The maximum absolute atomic E-state index is 13.3. The topological polar surface area (TPSA) is 76.0 Å². The molecule has 0 saturated carbocycles. The summed E-state index contributed by atoms with van der Waals surface area (Å²) in [5.74, 6) is -3.67. The number of oxime groups is 1. The van der Waals surface area contributed by atoms with E-state index in [4.69, 9.17) is 5.21 Å². The van der Waals surface area contributed by atoms with E-state index >= 15 is 0 Å². The lowest BCUT2D eigenvalue weighted by Crippen LogP contribution is -2.21. The highest BCUT2D eigenvalue weighted by atomic mass is 19.1. The summed E-state index contributed by atoms with van der Waals surface area (Å²) in [6, 6.07) is 2.41. The molecule has 1 aromatic rings. The number of ether oxygens (including phenoxy) is 1. The van der Waals surface area contributed by atoms with E-state index < -0.39 is 41.1 Å². The molecule has 0 atom stereocenters. The van der Waals surface area contributed by atoms with Crippen molar-refractivity contribution in [1.82, 2.24) is 0 Å². The number of carbonyl (C=O) groups is 2. The summed E-state index contributed by atoms with van der Waals surface area (Å²) in [7, 11) is 0. The summed E-state index contributed by atoms with van der Waals surface area (Å²) in [6.45, 7) is 1.57. The molecule has 7 heteroatoms. The fourth-order valence-electron chi connectivity index (χ4n) is 1.33. The molecular formula is C12H11F2NO4. The Bertz CT molecular complexity index is 528. The minimum atomic E-state index is -1.05. The Morgan fingerprint density at radius 2 is 2.05 bits per heavy atom. The quantitative estimate of drug-likeness (QED) is 0.292. The number of rotatable bonds is 5. The molecule has 0 spiro atoms. The lowest BCUT2D eigenvalue weighted by atomic mass is 10.0. The van der Waals surface area contributed by atoms with E-state index in [1.54, 1.807) is 0 Å². The Kier molecular flexibility index (Phi) is 5.11. The molecule has 0 fully saturated rings. The average Bonchev–Trinajstić information content (AvgIpc) is 2.35. The van der Waals surface area contributed by atoms with Gasteiger partial charge in [-0.3, -0.25) is 4.79 Å². The SMILES string of the molecule is CCOC(=O)C(CC(=O)c1ccc(F)cc1F)=NO. The summed E-state index contributed by atoms with van der Waals surface area (Å²) in [5.41, 5.74) is -0.942. The second kappa shape index (κ2) is 6.58. The van der Waals surface area contributed by atoms with Gasteiger partial charge in [-0.25, -0.2) is 13.6 Å². The molecular weight excluding hydrogens is 260 g/mol. The Morgan fingerprint density at radius 1 is 1.37 bits per heavy atom. The normalized spacial score (nSPS) is 11.2. The molecule has 0 aliphatic rings. The minimum absolute atomic E-state index is 0.0386. The highest BCUT2D eigenvalue weighted by molar-refractivity contribution is 6.40. The first kappa shape index (κ1) is 14.7. The third kappa shape index (κ3) is 3.84. The molecule has 102 valence electrons. The smallest absolute Gasteiger partial charge is 0.356 e. The fraction of sp³-hybridized carbons (Fsp3) is 0.250. The molecule has 0 aromatic heterocycles. The van der Waals surface area contributed by atoms with Crippen molar-refractivity contribution < 1.29 is 28.3 Å². The minimum Gasteiger partial charge on any atom is -0.461 e. The zero-order chi connectivity index (χ0) is 14.4. The van der Waals surface area contributed by atoms with Crippen molar-refractivity contribution in [3.05, 3.63) is 35.4 Å². The molecule has 0 aliphatic heterocycles. The van der Waals surface area contributed by atoms with Gasteiger partial charge in [0.25, 0.3) is 0 Å². The van der Waals surface area contributed by atoms with E-state index in [0.29, 0.717) is 6.07 Å². The van der Waals surface area contributed by atoms with Crippen LogP contribution < -0.4 is 0 Å². The van der Waals surface area contributed by atoms with Crippen LogP contribution in [0.25, 0.3) is 0 Å². The number of nitrogens with zero attached hydrogens (tertiary/aromatic N) is 1. The average molecular weight is 271 g/mol. The van der Waals surface area contributed by atoms with Crippen molar-refractivity contribution in [2.45, 2.75) is 13.3 Å². The fourth-order valence-corrected chi connectivity index (χ4v) is 1.33. The Labute approximate surface area is 107 Å². The van der Waals surface area contributed by atoms with Crippen molar-refractivity contribution in [3.63, 3.8) is 0 Å².